The first-order valence-electron chi connectivity index (χ1n) is 5.51. The molecule has 0 bridgehead atoms. The number of methoxy groups -OCH3 is 1. The summed E-state index contributed by atoms with van der Waals surface area (Å²) in [6.45, 7) is 2.88. The minimum atomic E-state index is 0.443. The summed E-state index contributed by atoms with van der Waals surface area (Å²) in [6.07, 6.45) is 2.66. The second-order valence-corrected chi connectivity index (χ2v) is 4.04. The van der Waals surface area contributed by atoms with Crippen LogP contribution in [0.15, 0.2) is 28.9 Å². The van der Waals surface area contributed by atoms with Gasteiger partial charge in [0, 0.05) is 5.39 Å². The second-order valence-electron chi connectivity index (χ2n) is 4.04. The molecule has 0 aliphatic heterocycles. The number of benzene rings is 1. The third kappa shape index (κ3) is 1.91. The summed E-state index contributed by atoms with van der Waals surface area (Å²) in [4.78, 5) is 0. The van der Waals surface area contributed by atoms with E-state index < -0.39 is 0 Å². The molecule has 1 unspecified atom stereocenters. The molecule has 0 saturated carbocycles. The third-order valence-electron chi connectivity index (χ3n) is 2.93. The van der Waals surface area contributed by atoms with Crippen molar-refractivity contribution in [2.45, 2.75) is 19.3 Å². The van der Waals surface area contributed by atoms with E-state index in [0.29, 0.717) is 12.5 Å². The van der Waals surface area contributed by atoms with E-state index >= 15 is 0 Å². The smallest absolute Gasteiger partial charge is 0.175 e. The van der Waals surface area contributed by atoms with Crippen LogP contribution in [0.25, 0.3) is 11.0 Å². The number of hydrogen-bond acceptors (Lipinski definition) is 3. The van der Waals surface area contributed by atoms with Crippen molar-refractivity contribution < 1.29 is 9.15 Å². The molecule has 3 heteroatoms. The molecule has 0 amide bonds. The van der Waals surface area contributed by atoms with E-state index in [2.05, 4.69) is 13.0 Å². The van der Waals surface area contributed by atoms with Gasteiger partial charge < -0.3 is 14.9 Å². The van der Waals surface area contributed by atoms with E-state index in [0.717, 1.165) is 23.1 Å². The highest BCUT2D eigenvalue weighted by atomic mass is 16.5. The van der Waals surface area contributed by atoms with E-state index in [1.807, 2.05) is 12.1 Å². The monoisotopic (exact) mass is 219 g/mol. The summed E-state index contributed by atoms with van der Waals surface area (Å²) >= 11 is 0. The Morgan fingerprint density at radius 2 is 2.25 bits per heavy atom. The Labute approximate surface area is 95.2 Å². The Morgan fingerprint density at radius 1 is 1.44 bits per heavy atom. The fourth-order valence-electron chi connectivity index (χ4n) is 1.92. The van der Waals surface area contributed by atoms with Gasteiger partial charge in [-0.3, -0.25) is 0 Å². The Hall–Kier alpha value is -1.48. The maximum Gasteiger partial charge on any atom is 0.175 e. The first kappa shape index (κ1) is 11.0. The molecule has 2 rings (SSSR count). The number of ether oxygens (including phenoxy) is 1. The number of fused-ring (bicyclic) bond motifs is 1. The fourth-order valence-corrected chi connectivity index (χ4v) is 1.92. The quantitative estimate of drug-likeness (QED) is 0.860. The molecule has 0 radical (unpaired) electrons. The molecule has 1 aromatic heterocycles. The van der Waals surface area contributed by atoms with Gasteiger partial charge in [0.1, 0.15) is 0 Å². The van der Waals surface area contributed by atoms with Crippen LogP contribution in [0, 0.1) is 0 Å². The zero-order valence-corrected chi connectivity index (χ0v) is 9.69. The maximum absolute atomic E-state index is 5.58. The number of hydrogen-bond donors (Lipinski definition) is 1. The normalized spacial score (nSPS) is 12.9. The minimum absolute atomic E-state index is 0.443. The topological polar surface area (TPSA) is 48.4 Å². The molecule has 1 heterocycles. The molecule has 0 spiro atoms. The van der Waals surface area contributed by atoms with Crippen LogP contribution in [0.3, 0.4) is 0 Å². The van der Waals surface area contributed by atoms with Crippen LogP contribution >= 0.6 is 0 Å². The predicted molar refractivity (Wildman–Crippen MR) is 64.9 cm³/mol. The minimum Gasteiger partial charge on any atom is -0.493 e. The van der Waals surface area contributed by atoms with Gasteiger partial charge >= 0.3 is 0 Å². The highest BCUT2D eigenvalue weighted by Crippen LogP contribution is 2.32. The van der Waals surface area contributed by atoms with Gasteiger partial charge in [-0.05, 0) is 42.6 Å². The average molecular weight is 219 g/mol. The molecular weight excluding hydrogens is 202 g/mol. The second kappa shape index (κ2) is 4.58. The van der Waals surface area contributed by atoms with Crippen LogP contribution in [0.4, 0.5) is 0 Å². The molecule has 0 aliphatic rings. The molecule has 1 atom stereocenters. The van der Waals surface area contributed by atoms with Crippen molar-refractivity contribution in [1.29, 1.82) is 0 Å². The van der Waals surface area contributed by atoms with E-state index in [1.165, 1.54) is 5.56 Å². The summed E-state index contributed by atoms with van der Waals surface area (Å²) < 4.78 is 10.7. The van der Waals surface area contributed by atoms with Crippen molar-refractivity contribution in [3.63, 3.8) is 0 Å². The molecule has 2 aromatic rings. The Morgan fingerprint density at radius 3 is 2.94 bits per heavy atom. The van der Waals surface area contributed by atoms with Gasteiger partial charge in [0.05, 0.1) is 13.4 Å². The number of rotatable bonds is 4. The molecule has 2 N–H and O–H groups in total. The van der Waals surface area contributed by atoms with E-state index in [-0.39, 0.29) is 0 Å². The van der Waals surface area contributed by atoms with Crippen LogP contribution < -0.4 is 10.5 Å². The zero-order valence-electron chi connectivity index (χ0n) is 9.69. The summed E-state index contributed by atoms with van der Waals surface area (Å²) in [5.41, 5.74) is 7.64. The zero-order chi connectivity index (χ0) is 11.5. The summed E-state index contributed by atoms with van der Waals surface area (Å²) in [7, 11) is 1.66. The number of nitrogens with two attached hydrogens (primary N) is 1. The first-order chi connectivity index (χ1) is 7.76. The Bertz CT molecular complexity index is 476. The first-order valence-corrected chi connectivity index (χ1v) is 5.51. The van der Waals surface area contributed by atoms with Crippen molar-refractivity contribution >= 4 is 11.0 Å². The highest BCUT2D eigenvalue weighted by Gasteiger charge is 2.11. The lowest BCUT2D eigenvalue weighted by Gasteiger charge is -2.12. The SMILES string of the molecule is COc1cc(C(C)CCN)cc2ccoc12. The predicted octanol–water partition coefficient (Wildman–Crippen LogP) is 2.89. The van der Waals surface area contributed by atoms with Crippen molar-refractivity contribution in [2.75, 3.05) is 13.7 Å². The molecule has 3 nitrogen and oxygen atoms in total. The summed E-state index contributed by atoms with van der Waals surface area (Å²) in [5, 5.41) is 1.08. The van der Waals surface area contributed by atoms with Crippen LogP contribution in [-0.4, -0.2) is 13.7 Å². The van der Waals surface area contributed by atoms with Crippen molar-refractivity contribution in [2.24, 2.45) is 5.73 Å². The van der Waals surface area contributed by atoms with E-state index in [1.54, 1.807) is 13.4 Å². The van der Waals surface area contributed by atoms with Crippen molar-refractivity contribution in [3.05, 3.63) is 30.0 Å². The third-order valence-corrected chi connectivity index (χ3v) is 2.93. The van der Waals surface area contributed by atoms with Gasteiger partial charge in [-0.1, -0.05) is 6.92 Å². The van der Waals surface area contributed by atoms with Gasteiger partial charge in [-0.2, -0.15) is 0 Å². The van der Waals surface area contributed by atoms with Gasteiger partial charge in [0.2, 0.25) is 0 Å². The largest absolute Gasteiger partial charge is 0.493 e. The van der Waals surface area contributed by atoms with Gasteiger partial charge in [0.25, 0.3) is 0 Å². The lowest BCUT2D eigenvalue weighted by Crippen LogP contribution is -2.04. The molecule has 1 aromatic carbocycles. The lowest BCUT2D eigenvalue weighted by molar-refractivity contribution is 0.409. The Kier molecular flexibility index (Phi) is 3.15. The fraction of sp³-hybridized carbons (Fsp3) is 0.385. The number of furan rings is 1. The molecule has 16 heavy (non-hydrogen) atoms. The van der Waals surface area contributed by atoms with Crippen LogP contribution in [-0.2, 0) is 0 Å². The Balaban J connectivity index is 2.46. The van der Waals surface area contributed by atoms with Crippen molar-refractivity contribution in [3.8, 4) is 5.75 Å². The van der Waals surface area contributed by atoms with Gasteiger partial charge in [-0.25, -0.2) is 0 Å². The molecule has 86 valence electrons. The van der Waals surface area contributed by atoms with Gasteiger partial charge in [0.15, 0.2) is 11.3 Å². The maximum atomic E-state index is 5.58. The lowest BCUT2D eigenvalue weighted by atomic mass is 9.96. The van der Waals surface area contributed by atoms with Crippen LogP contribution in [0.1, 0.15) is 24.8 Å². The van der Waals surface area contributed by atoms with Crippen molar-refractivity contribution in [1.82, 2.24) is 0 Å². The van der Waals surface area contributed by atoms with E-state index in [4.69, 9.17) is 14.9 Å². The standard InChI is InChI=1S/C13H17NO2/c1-9(3-5-14)11-7-10-4-6-16-13(10)12(8-11)15-2/h4,6-9H,3,5,14H2,1-2H3. The average Bonchev–Trinajstić information content (AvgIpc) is 2.75. The van der Waals surface area contributed by atoms with Crippen LogP contribution in [0.2, 0.25) is 0 Å². The van der Waals surface area contributed by atoms with E-state index in [9.17, 15) is 0 Å². The molecular formula is C13H17NO2. The highest BCUT2D eigenvalue weighted by molar-refractivity contribution is 5.84. The molecule has 0 fully saturated rings. The van der Waals surface area contributed by atoms with Gasteiger partial charge in [-0.15, -0.1) is 0 Å². The van der Waals surface area contributed by atoms with Crippen LogP contribution in [0.5, 0.6) is 5.75 Å². The summed E-state index contributed by atoms with van der Waals surface area (Å²) in [6, 6.07) is 6.13. The molecule has 0 aliphatic carbocycles. The summed E-state index contributed by atoms with van der Waals surface area (Å²) in [5.74, 6) is 1.24. The molecule has 0 saturated heterocycles.